The van der Waals surface area contributed by atoms with Crippen LogP contribution in [0.2, 0.25) is 0 Å². The molecule has 1 aromatic heterocycles. The van der Waals surface area contributed by atoms with Gasteiger partial charge in [-0.15, -0.1) is 24.0 Å². The Morgan fingerprint density at radius 1 is 1.20 bits per heavy atom. The second-order valence-electron chi connectivity index (χ2n) is 8.94. The Hall–Kier alpha value is -1.59. The van der Waals surface area contributed by atoms with Crippen LogP contribution >= 0.6 is 24.0 Å². The van der Waals surface area contributed by atoms with Crippen molar-refractivity contribution in [2.75, 3.05) is 19.6 Å². The van der Waals surface area contributed by atoms with E-state index in [2.05, 4.69) is 31.1 Å². The molecule has 0 fully saturated rings. The molecule has 0 aliphatic rings. The van der Waals surface area contributed by atoms with Crippen LogP contribution in [0.5, 0.6) is 0 Å². The largest absolute Gasteiger partial charge is 0.444 e. The lowest BCUT2D eigenvalue weighted by Crippen LogP contribution is -2.49. The van der Waals surface area contributed by atoms with Gasteiger partial charge in [0.05, 0.1) is 12.1 Å². The summed E-state index contributed by atoms with van der Waals surface area (Å²) in [6.45, 7) is 17.3. The van der Waals surface area contributed by atoms with Crippen molar-refractivity contribution in [2.24, 2.45) is 4.99 Å². The van der Waals surface area contributed by atoms with Crippen molar-refractivity contribution in [2.45, 2.75) is 85.3 Å². The van der Waals surface area contributed by atoms with E-state index in [9.17, 15) is 4.79 Å². The standard InChI is InChI=1S/C20H38N6O3.HI/c1-9-21-17(22-12-10-11-15-24-16(14(2)3)26-29-15)23-13-20(7,8)25-18(27)28-19(4,5)6;/h14H,9-13H2,1-8H3,(H,25,27)(H2,21,22,23);1H. The second kappa shape index (κ2) is 13.0. The quantitative estimate of drug-likeness (QED) is 0.191. The number of carbonyl (C=O) groups excluding carboxylic acids is 1. The van der Waals surface area contributed by atoms with Crippen molar-refractivity contribution < 1.29 is 14.1 Å². The minimum absolute atomic E-state index is 0. The lowest BCUT2D eigenvalue weighted by atomic mass is 10.1. The van der Waals surface area contributed by atoms with E-state index in [1.165, 1.54) is 0 Å². The molecule has 0 saturated carbocycles. The summed E-state index contributed by atoms with van der Waals surface area (Å²) in [6, 6.07) is 0. The van der Waals surface area contributed by atoms with Crippen molar-refractivity contribution in [3.63, 3.8) is 0 Å². The van der Waals surface area contributed by atoms with Crippen LogP contribution in [0.15, 0.2) is 9.52 Å². The predicted molar refractivity (Wildman–Crippen MR) is 130 cm³/mol. The van der Waals surface area contributed by atoms with Crippen LogP contribution in [0.25, 0.3) is 0 Å². The van der Waals surface area contributed by atoms with E-state index in [-0.39, 0.29) is 29.9 Å². The van der Waals surface area contributed by atoms with Crippen molar-refractivity contribution in [3.05, 3.63) is 11.7 Å². The first-order chi connectivity index (χ1) is 13.4. The van der Waals surface area contributed by atoms with Crippen molar-refractivity contribution in [1.82, 2.24) is 26.1 Å². The van der Waals surface area contributed by atoms with Crippen LogP contribution in [0.3, 0.4) is 0 Å². The highest BCUT2D eigenvalue weighted by molar-refractivity contribution is 14.0. The molecule has 1 heterocycles. The molecule has 174 valence electrons. The highest BCUT2D eigenvalue weighted by atomic mass is 127. The van der Waals surface area contributed by atoms with E-state index in [0.29, 0.717) is 31.4 Å². The molecule has 10 heteroatoms. The summed E-state index contributed by atoms with van der Waals surface area (Å²) in [7, 11) is 0. The summed E-state index contributed by atoms with van der Waals surface area (Å²) < 4.78 is 10.6. The normalized spacial score (nSPS) is 12.4. The number of rotatable bonds is 9. The second-order valence-corrected chi connectivity index (χ2v) is 8.94. The lowest BCUT2D eigenvalue weighted by Gasteiger charge is -2.27. The fourth-order valence-electron chi connectivity index (χ4n) is 2.29. The molecule has 0 atom stereocenters. The fourth-order valence-corrected chi connectivity index (χ4v) is 2.29. The number of hydrogen-bond donors (Lipinski definition) is 3. The Morgan fingerprint density at radius 3 is 2.40 bits per heavy atom. The molecule has 0 aromatic carbocycles. The van der Waals surface area contributed by atoms with Crippen molar-refractivity contribution in [1.29, 1.82) is 0 Å². The number of alkyl carbamates (subject to hydrolysis) is 1. The maximum Gasteiger partial charge on any atom is 0.408 e. The minimum atomic E-state index is -0.540. The van der Waals surface area contributed by atoms with Gasteiger partial charge >= 0.3 is 6.09 Å². The first-order valence-corrected chi connectivity index (χ1v) is 10.3. The summed E-state index contributed by atoms with van der Waals surface area (Å²) in [5.74, 6) is 2.35. The molecule has 1 rings (SSSR count). The minimum Gasteiger partial charge on any atom is -0.444 e. The van der Waals surface area contributed by atoms with Crippen LogP contribution in [0.1, 0.15) is 79.4 Å². The van der Waals surface area contributed by atoms with Crippen LogP contribution in [0.4, 0.5) is 4.79 Å². The average molecular weight is 538 g/mol. The lowest BCUT2D eigenvalue weighted by molar-refractivity contribution is 0.0476. The fraction of sp³-hybridized carbons (Fsp3) is 0.800. The molecule has 1 aromatic rings. The number of aliphatic imine (C=N–C) groups is 1. The highest BCUT2D eigenvalue weighted by Gasteiger charge is 2.24. The number of amides is 1. The highest BCUT2D eigenvalue weighted by Crippen LogP contribution is 2.11. The number of hydrogen-bond acceptors (Lipinski definition) is 6. The van der Waals surface area contributed by atoms with Gasteiger partial charge in [0, 0.05) is 25.4 Å². The smallest absolute Gasteiger partial charge is 0.408 e. The summed E-state index contributed by atoms with van der Waals surface area (Å²) in [5.41, 5.74) is -1.07. The third-order valence-electron chi connectivity index (χ3n) is 3.68. The van der Waals surface area contributed by atoms with Gasteiger partial charge in [0.1, 0.15) is 5.60 Å². The van der Waals surface area contributed by atoms with Crippen LogP contribution < -0.4 is 16.0 Å². The Bertz CT molecular complexity index is 668. The maximum absolute atomic E-state index is 12.0. The van der Waals surface area contributed by atoms with Gasteiger partial charge in [-0.05, 0) is 48.0 Å². The van der Waals surface area contributed by atoms with Gasteiger partial charge in [-0.3, -0.25) is 4.99 Å². The van der Waals surface area contributed by atoms with Gasteiger partial charge in [-0.1, -0.05) is 19.0 Å². The van der Waals surface area contributed by atoms with Crippen molar-refractivity contribution >= 4 is 36.0 Å². The Balaban J connectivity index is 0.00000841. The summed E-state index contributed by atoms with van der Waals surface area (Å²) in [5, 5.41) is 13.3. The molecule has 0 bridgehead atoms. The monoisotopic (exact) mass is 538 g/mol. The van der Waals surface area contributed by atoms with Crippen LogP contribution in [0, 0.1) is 0 Å². The molecule has 0 spiro atoms. The molecule has 0 aliphatic carbocycles. The van der Waals surface area contributed by atoms with Gasteiger partial charge in [0.2, 0.25) is 5.89 Å². The number of guanidine groups is 1. The first kappa shape index (κ1) is 28.4. The maximum atomic E-state index is 12.0. The van der Waals surface area contributed by atoms with Crippen LogP contribution in [-0.2, 0) is 11.2 Å². The Labute approximate surface area is 197 Å². The van der Waals surface area contributed by atoms with Gasteiger partial charge in [-0.2, -0.15) is 4.98 Å². The molecule has 1 amide bonds. The number of halogens is 1. The van der Waals surface area contributed by atoms with Gasteiger partial charge in [0.15, 0.2) is 11.8 Å². The molecular formula is C20H39IN6O3. The van der Waals surface area contributed by atoms with Gasteiger partial charge < -0.3 is 25.2 Å². The van der Waals surface area contributed by atoms with E-state index in [1.807, 2.05) is 55.4 Å². The number of aryl methyl sites for hydroxylation is 1. The van der Waals surface area contributed by atoms with Gasteiger partial charge in [0.25, 0.3) is 0 Å². The molecule has 9 nitrogen and oxygen atoms in total. The molecule has 3 N–H and O–H groups in total. The SMILES string of the molecule is CCNC(=NCC(C)(C)NC(=O)OC(C)(C)C)NCCCc1nc(C(C)C)no1.I. The molecule has 0 radical (unpaired) electrons. The third-order valence-corrected chi connectivity index (χ3v) is 3.68. The molecule has 0 unspecified atom stereocenters. The van der Waals surface area contributed by atoms with E-state index >= 15 is 0 Å². The predicted octanol–water partition coefficient (Wildman–Crippen LogP) is 3.60. The molecule has 30 heavy (non-hydrogen) atoms. The average Bonchev–Trinajstić information content (AvgIpc) is 3.03. The van der Waals surface area contributed by atoms with Gasteiger partial charge in [-0.25, -0.2) is 4.79 Å². The summed E-state index contributed by atoms with van der Waals surface area (Å²) >= 11 is 0. The molecule has 0 saturated heterocycles. The summed E-state index contributed by atoms with van der Waals surface area (Å²) in [4.78, 5) is 21.0. The number of nitrogens with one attached hydrogen (secondary N) is 3. The molecule has 0 aliphatic heterocycles. The Kier molecular flexibility index (Phi) is 12.3. The zero-order valence-electron chi connectivity index (χ0n) is 19.6. The zero-order chi connectivity index (χ0) is 22.1. The number of carbonyl (C=O) groups is 1. The number of ether oxygens (including phenoxy) is 1. The van der Waals surface area contributed by atoms with E-state index < -0.39 is 17.2 Å². The summed E-state index contributed by atoms with van der Waals surface area (Å²) in [6.07, 6.45) is 1.10. The molecular weight excluding hydrogens is 499 g/mol. The van der Waals surface area contributed by atoms with Crippen molar-refractivity contribution in [3.8, 4) is 0 Å². The topological polar surface area (TPSA) is 114 Å². The Morgan fingerprint density at radius 2 is 1.87 bits per heavy atom. The number of nitrogens with zero attached hydrogens (tertiary/aromatic N) is 3. The third kappa shape index (κ3) is 12.2. The van der Waals surface area contributed by atoms with E-state index in [4.69, 9.17) is 9.26 Å². The van der Waals surface area contributed by atoms with E-state index in [1.54, 1.807) is 0 Å². The van der Waals surface area contributed by atoms with Crippen LogP contribution in [-0.4, -0.2) is 53.0 Å². The number of aromatic nitrogens is 2. The first-order valence-electron chi connectivity index (χ1n) is 10.3. The van der Waals surface area contributed by atoms with E-state index in [0.717, 1.165) is 18.8 Å². The zero-order valence-corrected chi connectivity index (χ0v) is 21.9.